The number of hydrogen-bond acceptors (Lipinski definition) is 5. The van der Waals surface area contributed by atoms with Crippen LogP contribution < -0.4 is 9.64 Å². The number of aliphatic hydroxyl groups is 1. The summed E-state index contributed by atoms with van der Waals surface area (Å²) in [6, 6.07) is 18.3. The molecule has 1 N–H and O–H groups in total. The number of benzene rings is 2. The zero-order chi connectivity index (χ0) is 21.6. The molecule has 168 valence electrons. The second-order valence-electron chi connectivity index (χ2n) is 8.99. The molecular weight excluding hydrogens is 386 g/mol. The van der Waals surface area contributed by atoms with Crippen molar-refractivity contribution in [2.24, 2.45) is 0 Å². The smallest absolute Gasteiger partial charge is 0.121 e. The number of aliphatic hydroxyl groups excluding tert-OH is 1. The molecule has 2 aliphatic rings. The number of methoxy groups -OCH3 is 1. The molecule has 5 nitrogen and oxygen atoms in total. The van der Waals surface area contributed by atoms with E-state index in [2.05, 4.69) is 70.2 Å². The fourth-order valence-corrected chi connectivity index (χ4v) is 5.28. The van der Waals surface area contributed by atoms with Gasteiger partial charge in [-0.3, -0.25) is 9.80 Å². The summed E-state index contributed by atoms with van der Waals surface area (Å²) in [5.41, 5.74) is 3.85. The first-order chi connectivity index (χ1) is 15.2. The van der Waals surface area contributed by atoms with Crippen LogP contribution in [0.3, 0.4) is 0 Å². The molecule has 2 heterocycles. The van der Waals surface area contributed by atoms with Crippen LogP contribution in [0, 0.1) is 6.92 Å². The number of piperidine rings is 1. The molecule has 4 rings (SSSR count). The molecule has 1 atom stereocenters. The lowest BCUT2D eigenvalue weighted by Crippen LogP contribution is -2.57. The number of aryl methyl sites for hydroxylation is 1. The molecule has 0 amide bonds. The third kappa shape index (κ3) is 5.40. The van der Waals surface area contributed by atoms with Gasteiger partial charge in [-0.25, -0.2) is 0 Å². The quantitative estimate of drug-likeness (QED) is 0.738. The molecule has 0 saturated carbocycles. The average Bonchev–Trinajstić information content (AvgIpc) is 2.81. The van der Waals surface area contributed by atoms with Gasteiger partial charge in [0, 0.05) is 63.6 Å². The van der Waals surface area contributed by atoms with Crippen LogP contribution in [-0.4, -0.2) is 73.4 Å². The summed E-state index contributed by atoms with van der Waals surface area (Å²) in [5, 5.41) is 9.70. The zero-order valence-corrected chi connectivity index (χ0v) is 19.0. The van der Waals surface area contributed by atoms with E-state index in [1.807, 2.05) is 0 Å². The number of para-hydroxylation sites is 1. The molecule has 31 heavy (non-hydrogen) atoms. The molecule has 0 bridgehead atoms. The molecule has 0 aromatic heterocycles. The van der Waals surface area contributed by atoms with Crippen LogP contribution >= 0.6 is 0 Å². The highest BCUT2D eigenvalue weighted by Crippen LogP contribution is 2.26. The van der Waals surface area contributed by atoms with E-state index >= 15 is 0 Å². The van der Waals surface area contributed by atoms with E-state index in [0.29, 0.717) is 12.1 Å². The van der Waals surface area contributed by atoms with Crippen molar-refractivity contribution < 1.29 is 9.84 Å². The predicted molar refractivity (Wildman–Crippen MR) is 127 cm³/mol. The van der Waals surface area contributed by atoms with Gasteiger partial charge in [-0.1, -0.05) is 30.3 Å². The highest BCUT2D eigenvalue weighted by molar-refractivity contribution is 5.46. The number of nitrogens with zero attached hydrogens (tertiary/aromatic N) is 3. The molecule has 5 heteroatoms. The van der Waals surface area contributed by atoms with Crippen LogP contribution in [-0.2, 0) is 6.54 Å². The first-order valence-corrected chi connectivity index (χ1v) is 11.7. The van der Waals surface area contributed by atoms with Gasteiger partial charge >= 0.3 is 0 Å². The first kappa shape index (κ1) is 22.1. The molecule has 2 saturated heterocycles. The van der Waals surface area contributed by atoms with Crippen LogP contribution in [0.5, 0.6) is 5.75 Å². The van der Waals surface area contributed by atoms with Gasteiger partial charge in [-0.15, -0.1) is 0 Å². The van der Waals surface area contributed by atoms with Gasteiger partial charge in [0.1, 0.15) is 5.75 Å². The van der Waals surface area contributed by atoms with Gasteiger partial charge in [-0.05, 0) is 55.5 Å². The number of ether oxygens (including phenoxy) is 1. The molecule has 0 aliphatic carbocycles. The normalized spacial score (nSPS) is 21.4. The van der Waals surface area contributed by atoms with Crippen molar-refractivity contribution in [2.75, 3.05) is 51.3 Å². The first-order valence-electron chi connectivity index (χ1n) is 11.7. The van der Waals surface area contributed by atoms with Gasteiger partial charge < -0.3 is 14.7 Å². The summed E-state index contributed by atoms with van der Waals surface area (Å²) in [4.78, 5) is 7.77. The minimum absolute atomic E-state index is 0.253. The number of piperazine rings is 1. The molecule has 2 aliphatic heterocycles. The molecule has 2 fully saturated rings. The molecule has 0 radical (unpaired) electrons. The van der Waals surface area contributed by atoms with Gasteiger partial charge in [0.05, 0.1) is 7.11 Å². The third-order valence-corrected chi connectivity index (χ3v) is 7.05. The lowest BCUT2D eigenvalue weighted by molar-refractivity contribution is 0.0254. The Morgan fingerprint density at radius 2 is 1.77 bits per heavy atom. The van der Waals surface area contributed by atoms with E-state index in [9.17, 15) is 5.11 Å². The van der Waals surface area contributed by atoms with E-state index in [0.717, 1.165) is 51.4 Å². The Morgan fingerprint density at radius 1 is 1.00 bits per heavy atom. The summed E-state index contributed by atoms with van der Waals surface area (Å²) in [5.74, 6) is 0.947. The number of anilines is 1. The van der Waals surface area contributed by atoms with E-state index in [1.54, 1.807) is 7.11 Å². The maximum absolute atomic E-state index is 9.70. The summed E-state index contributed by atoms with van der Waals surface area (Å²) in [7, 11) is 1.73. The fourth-order valence-electron chi connectivity index (χ4n) is 5.28. The standard InChI is InChI=1S/C26H37N3O2/c1-21-18-22(8-9-26(21)31-2)19-28-15-16-29(20-25(28)12-17-30)24-10-13-27(14-11-24)23-6-4-3-5-7-23/h3-9,18,24-25,30H,10-17,19-20H2,1-2H3/t25-/m0/s1. The van der Waals surface area contributed by atoms with Crippen LogP contribution in [0.4, 0.5) is 5.69 Å². The third-order valence-electron chi connectivity index (χ3n) is 7.05. The van der Waals surface area contributed by atoms with E-state index < -0.39 is 0 Å². The van der Waals surface area contributed by atoms with E-state index in [4.69, 9.17) is 4.74 Å². The van der Waals surface area contributed by atoms with Crippen molar-refractivity contribution in [1.82, 2.24) is 9.80 Å². The maximum Gasteiger partial charge on any atom is 0.121 e. The van der Waals surface area contributed by atoms with Crippen molar-refractivity contribution in [3.8, 4) is 5.75 Å². The summed E-state index contributed by atoms with van der Waals surface area (Å²) in [6.07, 6.45) is 3.28. The minimum Gasteiger partial charge on any atom is -0.496 e. The van der Waals surface area contributed by atoms with Crippen LogP contribution in [0.25, 0.3) is 0 Å². The van der Waals surface area contributed by atoms with Crippen molar-refractivity contribution in [3.05, 3.63) is 59.7 Å². The van der Waals surface area contributed by atoms with Crippen molar-refractivity contribution >= 4 is 5.69 Å². The lowest BCUT2D eigenvalue weighted by atomic mass is 9.98. The summed E-state index contributed by atoms with van der Waals surface area (Å²) in [6.45, 7) is 8.80. The van der Waals surface area contributed by atoms with E-state index in [1.165, 1.54) is 29.7 Å². The Kier molecular flexibility index (Phi) is 7.49. The summed E-state index contributed by atoms with van der Waals surface area (Å²) >= 11 is 0. The number of hydrogen-bond donors (Lipinski definition) is 1. The number of rotatable bonds is 7. The Labute approximate surface area is 187 Å². The van der Waals surface area contributed by atoms with Crippen molar-refractivity contribution in [1.29, 1.82) is 0 Å². The second kappa shape index (κ2) is 10.5. The fraction of sp³-hybridized carbons (Fsp3) is 0.538. The largest absolute Gasteiger partial charge is 0.496 e. The van der Waals surface area contributed by atoms with Crippen LogP contribution in [0.2, 0.25) is 0 Å². The highest BCUT2D eigenvalue weighted by atomic mass is 16.5. The topological polar surface area (TPSA) is 39.2 Å². The second-order valence-corrected chi connectivity index (χ2v) is 8.99. The molecule has 2 aromatic rings. The zero-order valence-electron chi connectivity index (χ0n) is 19.0. The van der Waals surface area contributed by atoms with Gasteiger partial charge in [-0.2, -0.15) is 0 Å². The van der Waals surface area contributed by atoms with Gasteiger partial charge in [0.25, 0.3) is 0 Å². The van der Waals surface area contributed by atoms with Crippen LogP contribution in [0.1, 0.15) is 30.4 Å². The minimum atomic E-state index is 0.253. The molecular formula is C26H37N3O2. The highest BCUT2D eigenvalue weighted by Gasteiger charge is 2.32. The molecule has 0 spiro atoms. The Balaban J connectivity index is 1.34. The van der Waals surface area contributed by atoms with Crippen LogP contribution in [0.15, 0.2) is 48.5 Å². The van der Waals surface area contributed by atoms with E-state index in [-0.39, 0.29) is 6.61 Å². The average molecular weight is 424 g/mol. The maximum atomic E-state index is 9.70. The molecule has 0 unspecified atom stereocenters. The monoisotopic (exact) mass is 423 g/mol. The van der Waals surface area contributed by atoms with Gasteiger partial charge in [0.2, 0.25) is 0 Å². The SMILES string of the molecule is COc1ccc(CN2CCN(C3CCN(c4ccccc4)CC3)C[C@@H]2CCO)cc1C. The Hall–Kier alpha value is -2.08. The van der Waals surface area contributed by atoms with Crippen molar-refractivity contribution in [3.63, 3.8) is 0 Å². The predicted octanol–water partition coefficient (Wildman–Crippen LogP) is 3.54. The lowest BCUT2D eigenvalue weighted by Gasteiger charge is -2.47. The van der Waals surface area contributed by atoms with Crippen molar-refractivity contribution in [2.45, 2.75) is 44.8 Å². The Bertz CT molecular complexity index is 821. The van der Waals surface area contributed by atoms with Gasteiger partial charge in [0.15, 0.2) is 0 Å². The Morgan fingerprint density at radius 3 is 2.45 bits per heavy atom. The molecule has 2 aromatic carbocycles. The summed E-state index contributed by atoms with van der Waals surface area (Å²) < 4.78 is 5.41.